The van der Waals surface area contributed by atoms with Gasteiger partial charge in [-0.25, -0.2) is 4.68 Å². The Morgan fingerprint density at radius 1 is 1.05 bits per heavy atom. The van der Waals surface area contributed by atoms with Crippen LogP contribution in [0.25, 0.3) is 16.9 Å². The van der Waals surface area contributed by atoms with E-state index in [1.54, 1.807) is 23.0 Å². The Hall–Kier alpha value is -1.97. The minimum atomic E-state index is 0.487. The van der Waals surface area contributed by atoms with Gasteiger partial charge < -0.3 is 5.73 Å². The lowest BCUT2D eigenvalue weighted by atomic mass is 10.1. The van der Waals surface area contributed by atoms with Gasteiger partial charge in [0.1, 0.15) is 5.69 Å². The molecule has 2 aromatic carbocycles. The summed E-state index contributed by atoms with van der Waals surface area (Å²) < 4.78 is 1.71. The maximum absolute atomic E-state index is 6.11. The molecule has 1 aromatic heterocycles. The summed E-state index contributed by atoms with van der Waals surface area (Å²) in [6, 6.07) is 13.4. The standard InChI is InChI=1S/C16H13Cl2N3/c1-10-4-2-3-5-12(10)16-15(19)9-21(20-16)11-6-7-13(17)14(18)8-11/h2-9H,19H2,1H3. The number of rotatable bonds is 2. The lowest BCUT2D eigenvalue weighted by Crippen LogP contribution is -1.95. The topological polar surface area (TPSA) is 43.8 Å². The number of halogens is 2. The average Bonchev–Trinajstić information content (AvgIpc) is 2.84. The molecule has 0 aliphatic heterocycles. The van der Waals surface area contributed by atoms with Crippen LogP contribution < -0.4 is 5.73 Å². The largest absolute Gasteiger partial charge is 0.396 e. The molecule has 0 spiro atoms. The normalized spacial score (nSPS) is 10.8. The van der Waals surface area contributed by atoms with E-state index in [9.17, 15) is 0 Å². The van der Waals surface area contributed by atoms with E-state index in [1.165, 1.54) is 0 Å². The molecule has 0 saturated carbocycles. The second kappa shape index (κ2) is 5.43. The molecule has 3 rings (SSSR count). The van der Waals surface area contributed by atoms with Crippen LogP contribution in [0.5, 0.6) is 0 Å². The first-order valence-electron chi connectivity index (χ1n) is 6.43. The van der Waals surface area contributed by atoms with E-state index in [0.29, 0.717) is 15.7 Å². The maximum atomic E-state index is 6.11. The molecule has 0 bridgehead atoms. The van der Waals surface area contributed by atoms with Crippen LogP contribution in [0.3, 0.4) is 0 Å². The molecule has 0 radical (unpaired) electrons. The number of nitrogens with zero attached hydrogens (tertiary/aromatic N) is 2. The predicted molar refractivity (Wildman–Crippen MR) is 88.2 cm³/mol. The predicted octanol–water partition coefficient (Wildman–Crippen LogP) is 4.74. The van der Waals surface area contributed by atoms with Crippen molar-refractivity contribution in [3.8, 4) is 16.9 Å². The SMILES string of the molecule is Cc1ccccc1-c1nn(-c2ccc(Cl)c(Cl)c2)cc1N. The van der Waals surface area contributed by atoms with E-state index < -0.39 is 0 Å². The van der Waals surface area contributed by atoms with E-state index in [0.717, 1.165) is 22.5 Å². The lowest BCUT2D eigenvalue weighted by Gasteiger charge is -2.04. The van der Waals surface area contributed by atoms with Crippen molar-refractivity contribution in [2.45, 2.75) is 6.92 Å². The third-order valence-corrected chi connectivity index (χ3v) is 4.05. The molecule has 0 aliphatic carbocycles. The molecular formula is C16H13Cl2N3. The molecule has 0 aliphatic rings. The number of aryl methyl sites for hydroxylation is 1. The van der Waals surface area contributed by atoms with Crippen molar-refractivity contribution in [1.29, 1.82) is 0 Å². The summed E-state index contributed by atoms with van der Waals surface area (Å²) in [4.78, 5) is 0. The zero-order valence-electron chi connectivity index (χ0n) is 11.3. The zero-order chi connectivity index (χ0) is 15.0. The first-order chi connectivity index (χ1) is 10.1. The maximum Gasteiger partial charge on any atom is 0.116 e. The van der Waals surface area contributed by atoms with Crippen molar-refractivity contribution in [2.24, 2.45) is 0 Å². The summed E-state index contributed by atoms with van der Waals surface area (Å²) in [5.41, 5.74) is 10.5. The molecule has 106 valence electrons. The number of anilines is 1. The number of nitrogen functional groups attached to an aromatic ring is 1. The molecule has 5 heteroatoms. The highest BCUT2D eigenvalue weighted by Gasteiger charge is 2.12. The lowest BCUT2D eigenvalue weighted by molar-refractivity contribution is 0.884. The quantitative estimate of drug-likeness (QED) is 0.742. The fraction of sp³-hybridized carbons (Fsp3) is 0.0625. The summed E-state index contributed by atoms with van der Waals surface area (Å²) in [5, 5.41) is 5.57. The van der Waals surface area contributed by atoms with E-state index >= 15 is 0 Å². The van der Waals surface area contributed by atoms with Crippen LogP contribution in [0.2, 0.25) is 10.0 Å². The molecule has 1 heterocycles. The van der Waals surface area contributed by atoms with Gasteiger partial charge in [-0.3, -0.25) is 0 Å². The van der Waals surface area contributed by atoms with Gasteiger partial charge in [0, 0.05) is 5.56 Å². The summed E-state index contributed by atoms with van der Waals surface area (Å²) in [7, 11) is 0. The first-order valence-corrected chi connectivity index (χ1v) is 7.18. The van der Waals surface area contributed by atoms with Gasteiger partial charge in [-0.15, -0.1) is 0 Å². The summed E-state index contributed by atoms with van der Waals surface area (Å²) >= 11 is 12.0. The number of aromatic nitrogens is 2. The Kier molecular flexibility index (Phi) is 3.62. The van der Waals surface area contributed by atoms with Crippen LogP contribution in [0.4, 0.5) is 5.69 Å². The Morgan fingerprint density at radius 2 is 1.81 bits per heavy atom. The second-order valence-electron chi connectivity index (χ2n) is 4.79. The third kappa shape index (κ3) is 2.62. The van der Waals surface area contributed by atoms with E-state index in [-0.39, 0.29) is 0 Å². The molecule has 3 nitrogen and oxygen atoms in total. The van der Waals surface area contributed by atoms with Gasteiger partial charge in [0.05, 0.1) is 27.6 Å². The van der Waals surface area contributed by atoms with Crippen LogP contribution in [-0.2, 0) is 0 Å². The molecule has 0 fully saturated rings. The van der Waals surface area contributed by atoms with Gasteiger partial charge in [0.15, 0.2) is 0 Å². The van der Waals surface area contributed by atoms with Crippen LogP contribution in [-0.4, -0.2) is 9.78 Å². The molecule has 0 unspecified atom stereocenters. The fourth-order valence-electron chi connectivity index (χ4n) is 2.20. The van der Waals surface area contributed by atoms with Crippen LogP contribution in [0, 0.1) is 6.92 Å². The highest BCUT2D eigenvalue weighted by atomic mass is 35.5. The van der Waals surface area contributed by atoms with Gasteiger partial charge in [-0.1, -0.05) is 47.5 Å². The Bertz CT molecular complexity index is 809. The van der Waals surface area contributed by atoms with Crippen molar-refractivity contribution >= 4 is 28.9 Å². The summed E-state index contributed by atoms with van der Waals surface area (Å²) in [5.74, 6) is 0. The monoisotopic (exact) mass is 317 g/mol. The van der Waals surface area contributed by atoms with Gasteiger partial charge in [-0.2, -0.15) is 5.10 Å². The Morgan fingerprint density at radius 3 is 2.52 bits per heavy atom. The van der Waals surface area contributed by atoms with Gasteiger partial charge in [0.2, 0.25) is 0 Å². The van der Waals surface area contributed by atoms with E-state index in [2.05, 4.69) is 5.10 Å². The molecule has 0 saturated heterocycles. The molecular weight excluding hydrogens is 305 g/mol. The second-order valence-corrected chi connectivity index (χ2v) is 5.61. The van der Waals surface area contributed by atoms with Crippen molar-refractivity contribution in [1.82, 2.24) is 9.78 Å². The number of benzene rings is 2. The number of hydrogen-bond acceptors (Lipinski definition) is 2. The average molecular weight is 318 g/mol. The van der Waals surface area contributed by atoms with Crippen LogP contribution in [0.15, 0.2) is 48.7 Å². The smallest absolute Gasteiger partial charge is 0.116 e. The van der Waals surface area contributed by atoms with Crippen LogP contribution in [0.1, 0.15) is 5.56 Å². The highest BCUT2D eigenvalue weighted by Crippen LogP contribution is 2.29. The van der Waals surface area contributed by atoms with Crippen molar-refractivity contribution in [3.63, 3.8) is 0 Å². The minimum Gasteiger partial charge on any atom is -0.396 e. The highest BCUT2D eigenvalue weighted by molar-refractivity contribution is 6.42. The molecule has 0 atom stereocenters. The Labute approximate surface area is 132 Å². The van der Waals surface area contributed by atoms with Crippen LogP contribution >= 0.6 is 23.2 Å². The first kappa shape index (κ1) is 14.0. The van der Waals surface area contributed by atoms with Crippen molar-refractivity contribution < 1.29 is 0 Å². The molecule has 3 aromatic rings. The third-order valence-electron chi connectivity index (χ3n) is 3.31. The molecule has 21 heavy (non-hydrogen) atoms. The van der Waals surface area contributed by atoms with Crippen molar-refractivity contribution in [2.75, 3.05) is 5.73 Å². The summed E-state index contributed by atoms with van der Waals surface area (Å²) in [6.45, 7) is 2.03. The minimum absolute atomic E-state index is 0.487. The zero-order valence-corrected chi connectivity index (χ0v) is 12.9. The number of nitrogens with two attached hydrogens (primary N) is 1. The van der Waals surface area contributed by atoms with E-state index in [4.69, 9.17) is 28.9 Å². The van der Waals surface area contributed by atoms with Gasteiger partial charge in [-0.05, 0) is 30.7 Å². The molecule has 0 amide bonds. The van der Waals surface area contributed by atoms with Gasteiger partial charge in [0.25, 0.3) is 0 Å². The number of hydrogen-bond donors (Lipinski definition) is 1. The Balaban J connectivity index is 2.09. The van der Waals surface area contributed by atoms with E-state index in [1.807, 2.05) is 37.3 Å². The fourth-order valence-corrected chi connectivity index (χ4v) is 2.49. The molecule has 2 N–H and O–H groups in total. The summed E-state index contributed by atoms with van der Waals surface area (Å²) in [6.07, 6.45) is 1.78. The van der Waals surface area contributed by atoms with Gasteiger partial charge >= 0.3 is 0 Å². The van der Waals surface area contributed by atoms with Crippen molar-refractivity contribution in [3.05, 3.63) is 64.3 Å².